The molecule has 1 aliphatic heterocycles. The van der Waals surface area contributed by atoms with Crippen molar-refractivity contribution in [3.8, 4) is 0 Å². The lowest BCUT2D eigenvalue weighted by molar-refractivity contribution is -0.384. The third kappa shape index (κ3) is 5.44. The lowest BCUT2D eigenvalue weighted by Gasteiger charge is -2.28. The summed E-state index contributed by atoms with van der Waals surface area (Å²) < 4.78 is 32.9. The van der Waals surface area contributed by atoms with Crippen molar-refractivity contribution in [2.24, 2.45) is 0 Å². The van der Waals surface area contributed by atoms with Crippen LogP contribution in [0, 0.1) is 10.1 Å². The fourth-order valence-electron chi connectivity index (χ4n) is 3.54. The summed E-state index contributed by atoms with van der Waals surface area (Å²) in [5.41, 5.74) is 0.520. The maximum absolute atomic E-state index is 13.1. The van der Waals surface area contributed by atoms with Crippen LogP contribution in [0.2, 0.25) is 5.02 Å². The maximum atomic E-state index is 13.1. The molecule has 1 N–H and O–H groups in total. The van der Waals surface area contributed by atoms with Gasteiger partial charge < -0.3 is 15.0 Å². The highest BCUT2D eigenvalue weighted by Gasteiger charge is 2.28. The molecule has 12 heteroatoms. The standard InChI is InChI=1S/C21H25ClN4O6S/c1-3-24(4-2)20-8-6-16(33(30,31)25-9-11-32-12-10-25)14-19(20)23-21(27)17-13-15(26(28)29)5-7-18(17)22/h5-8,13-14H,3-4,9-12H2,1-2H3,(H,23,27). The number of hydrogen-bond acceptors (Lipinski definition) is 7. The Morgan fingerprint density at radius 2 is 1.85 bits per heavy atom. The van der Waals surface area contributed by atoms with Crippen LogP contribution in [0.4, 0.5) is 17.1 Å². The summed E-state index contributed by atoms with van der Waals surface area (Å²) in [5, 5.41) is 13.9. The number of carbonyl (C=O) groups is 1. The summed E-state index contributed by atoms with van der Waals surface area (Å²) in [7, 11) is -3.80. The number of ether oxygens (including phenoxy) is 1. The van der Waals surface area contributed by atoms with E-state index in [9.17, 15) is 23.3 Å². The number of rotatable bonds is 8. The Bertz CT molecular complexity index is 1150. The number of nitrogens with one attached hydrogen (secondary N) is 1. The smallest absolute Gasteiger partial charge is 0.270 e. The third-order valence-corrected chi connectivity index (χ3v) is 7.56. The largest absolute Gasteiger partial charge is 0.379 e. The second-order valence-electron chi connectivity index (χ2n) is 7.24. The van der Waals surface area contributed by atoms with Gasteiger partial charge in [-0.15, -0.1) is 0 Å². The molecule has 0 spiro atoms. The Balaban J connectivity index is 2.03. The average Bonchev–Trinajstić information content (AvgIpc) is 2.81. The van der Waals surface area contributed by atoms with Gasteiger partial charge in [-0.3, -0.25) is 14.9 Å². The number of halogens is 1. The number of nitrogens with zero attached hydrogens (tertiary/aromatic N) is 3. The van der Waals surface area contributed by atoms with E-state index in [4.69, 9.17) is 16.3 Å². The molecular weight excluding hydrogens is 472 g/mol. The van der Waals surface area contributed by atoms with Gasteiger partial charge in [-0.25, -0.2) is 8.42 Å². The molecule has 2 aromatic carbocycles. The normalized spacial score (nSPS) is 14.6. The predicted molar refractivity (Wildman–Crippen MR) is 126 cm³/mol. The molecule has 3 rings (SSSR count). The highest BCUT2D eigenvalue weighted by atomic mass is 35.5. The molecule has 0 aliphatic carbocycles. The molecule has 33 heavy (non-hydrogen) atoms. The Morgan fingerprint density at radius 3 is 2.45 bits per heavy atom. The minimum Gasteiger partial charge on any atom is -0.379 e. The van der Waals surface area contributed by atoms with Crippen molar-refractivity contribution in [2.45, 2.75) is 18.7 Å². The van der Waals surface area contributed by atoms with Gasteiger partial charge in [0.25, 0.3) is 11.6 Å². The van der Waals surface area contributed by atoms with Crippen molar-refractivity contribution in [2.75, 3.05) is 49.6 Å². The summed E-state index contributed by atoms with van der Waals surface area (Å²) >= 11 is 6.12. The number of amides is 1. The van der Waals surface area contributed by atoms with E-state index >= 15 is 0 Å². The second-order valence-corrected chi connectivity index (χ2v) is 9.59. The summed E-state index contributed by atoms with van der Waals surface area (Å²) in [6.45, 7) is 6.21. The molecule has 1 amide bonds. The van der Waals surface area contributed by atoms with Crippen LogP contribution in [0.3, 0.4) is 0 Å². The highest BCUT2D eigenvalue weighted by molar-refractivity contribution is 7.89. The number of hydrogen-bond donors (Lipinski definition) is 1. The van der Waals surface area contributed by atoms with Gasteiger partial charge in [-0.1, -0.05) is 11.6 Å². The Hall–Kier alpha value is -2.73. The van der Waals surface area contributed by atoms with Gasteiger partial charge in [0.15, 0.2) is 0 Å². The first-order valence-electron chi connectivity index (χ1n) is 10.4. The number of sulfonamides is 1. The number of anilines is 2. The van der Waals surface area contributed by atoms with Crippen molar-refractivity contribution < 1.29 is 22.9 Å². The van der Waals surface area contributed by atoms with Gasteiger partial charge >= 0.3 is 0 Å². The molecule has 178 valence electrons. The molecule has 1 saturated heterocycles. The van der Waals surface area contributed by atoms with Crippen LogP contribution < -0.4 is 10.2 Å². The highest BCUT2D eigenvalue weighted by Crippen LogP contribution is 2.32. The third-order valence-electron chi connectivity index (χ3n) is 5.33. The van der Waals surface area contributed by atoms with Gasteiger partial charge in [-0.05, 0) is 38.1 Å². The molecule has 0 atom stereocenters. The maximum Gasteiger partial charge on any atom is 0.270 e. The van der Waals surface area contributed by atoms with Crippen molar-refractivity contribution in [3.63, 3.8) is 0 Å². The molecule has 1 fully saturated rings. The summed E-state index contributed by atoms with van der Waals surface area (Å²) in [5.74, 6) is -0.682. The molecular formula is C21H25ClN4O6S. The van der Waals surface area contributed by atoms with Gasteiger partial charge in [0.05, 0.1) is 45.0 Å². The van der Waals surface area contributed by atoms with E-state index in [1.807, 2.05) is 18.7 Å². The van der Waals surface area contributed by atoms with Crippen molar-refractivity contribution in [3.05, 3.63) is 57.1 Å². The van der Waals surface area contributed by atoms with Crippen LogP contribution in [0.25, 0.3) is 0 Å². The number of nitro benzene ring substituents is 1. The minimum absolute atomic E-state index is 0.0285. The predicted octanol–water partition coefficient (Wildman–Crippen LogP) is 3.37. The summed E-state index contributed by atoms with van der Waals surface area (Å²) in [4.78, 5) is 25.5. The molecule has 0 unspecified atom stereocenters. The summed E-state index contributed by atoms with van der Waals surface area (Å²) in [6.07, 6.45) is 0. The number of carbonyl (C=O) groups excluding carboxylic acids is 1. The lowest BCUT2D eigenvalue weighted by atomic mass is 10.1. The fourth-order valence-corrected chi connectivity index (χ4v) is 5.18. The van der Waals surface area contributed by atoms with Crippen molar-refractivity contribution in [1.82, 2.24) is 4.31 Å². The van der Waals surface area contributed by atoms with Crippen molar-refractivity contribution >= 4 is 44.6 Å². The van der Waals surface area contributed by atoms with E-state index in [-0.39, 0.29) is 39.9 Å². The van der Waals surface area contributed by atoms with Gasteiger partial charge in [0.1, 0.15) is 0 Å². The zero-order valence-electron chi connectivity index (χ0n) is 18.3. The first kappa shape index (κ1) is 24.9. The molecule has 2 aromatic rings. The van der Waals surface area contributed by atoms with Gasteiger partial charge in [-0.2, -0.15) is 4.31 Å². The Kier molecular flexibility index (Phi) is 7.90. The Morgan fingerprint density at radius 1 is 1.18 bits per heavy atom. The molecule has 10 nitrogen and oxygen atoms in total. The van der Waals surface area contributed by atoms with Crippen LogP contribution in [-0.4, -0.2) is 62.9 Å². The first-order chi connectivity index (χ1) is 15.7. The van der Waals surface area contributed by atoms with Crippen LogP contribution >= 0.6 is 11.6 Å². The number of morpholine rings is 1. The summed E-state index contributed by atoms with van der Waals surface area (Å²) in [6, 6.07) is 8.12. The average molecular weight is 497 g/mol. The zero-order valence-corrected chi connectivity index (χ0v) is 19.9. The van der Waals surface area contributed by atoms with E-state index < -0.39 is 20.9 Å². The topological polar surface area (TPSA) is 122 Å². The van der Waals surface area contributed by atoms with Crippen molar-refractivity contribution in [1.29, 1.82) is 0 Å². The van der Waals surface area contributed by atoms with Crippen LogP contribution in [0.15, 0.2) is 41.3 Å². The van der Waals surface area contributed by atoms with Gasteiger partial charge in [0, 0.05) is 38.3 Å². The molecule has 1 heterocycles. The Labute approximate surface area is 197 Å². The quantitative estimate of drug-likeness (QED) is 0.439. The molecule has 0 saturated carbocycles. The first-order valence-corrected chi connectivity index (χ1v) is 12.2. The molecule has 0 bridgehead atoms. The lowest BCUT2D eigenvalue weighted by Crippen LogP contribution is -2.40. The number of nitro groups is 1. The monoisotopic (exact) mass is 496 g/mol. The van der Waals surface area contributed by atoms with Crippen LogP contribution in [0.5, 0.6) is 0 Å². The molecule has 1 aliphatic rings. The number of benzene rings is 2. The number of non-ortho nitro benzene ring substituents is 1. The van der Waals surface area contributed by atoms with Crippen LogP contribution in [-0.2, 0) is 14.8 Å². The molecule has 0 aromatic heterocycles. The van der Waals surface area contributed by atoms with E-state index in [1.165, 1.54) is 28.6 Å². The fraction of sp³-hybridized carbons (Fsp3) is 0.381. The van der Waals surface area contributed by atoms with Crippen LogP contribution in [0.1, 0.15) is 24.2 Å². The zero-order chi connectivity index (χ0) is 24.2. The second kappa shape index (κ2) is 10.5. The van der Waals surface area contributed by atoms with E-state index in [0.717, 1.165) is 6.07 Å². The SMILES string of the molecule is CCN(CC)c1ccc(S(=O)(=O)N2CCOCC2)cc1NC(=O)c1cc([N+](=O)[O-])ccc1Cl. The van der Waals surface area contributed by atoms with E-state index in [2.05, 4.69) is 5.32 Å². The van der Waals surface area contributed by atoms with E-state index in [0.29, 0.717) is 32.0 Å². The molecule has 0 radical (unpaired) electrons. The van der Waals surface area contributed by atoms with Gasteiger partial charge in [0.2, 0.25) is 10.0 Å². The minimum atomic E-state index is -3.80. The van der Waals surface area contributed by atoms with E-state index in [1.54, 1.807) is 6.07 Å².